The van der Waals surface area contributed by atoms with Crippen LogP contribution in [0.15, 0.2) is 32.5 Å². The van der Waals surface area contributed by atoms with Crippen molar-refractivity contribution in [1.82, 2.24) is 0 Å². The Hall–Kier alpha value is -0.0700. The van der Waals surface area contributed by atoms with Gasteiger partial charge in [0, 0.05) is 32.4 Å². The van der Waals surface area contributed by atoms with E-state index in [4.69, 9.17) is 22.1 Å². The summed E-state index contributed by atoms with van der Waals surface area (Å²) < 4.78 is 8.16. The Bertz CT molecular complexity index is 612. The zero-order valence-corrected chi connectivity index (χ0v) is 14.4. The van der Waals surface area contributed by atoms with Crippen LogP contribution in [0, 0.1) is 0 Å². The zero-order chi connectivity index (χ0) is 13.6. The second-order valence-corrected chi connectivity index (χ2v) is 8.09. The summed E-state index contributed by atoms with van der Waals surface area (Å²) in [6.45, 7) is 0. The van der Waals surface area contributed by atoms with Gasteiger partial charge in [0.15, 0.2) is 0 Å². The highest BCUT2D eigenvalue weighted by Gasteiger charge is 2.28. The van der Waals surface area contributed by atoms with Gasteiger partial charge in [-0.05, 0) is 56.1 Å². The van der Waals surface area contributed by atoms with Gasteiger partial charge >= 0.3 is 0 Å². The van der Waals surface area contributed by atoms with Crippen LogP contribution in [0.4, 0.5) is 0 Å². The van der Waals surface area contributed by atoms with Crippen molar-refractivity contribution in [2.75, 3.05) is 0 Å². The number of benzene rings is 1. The summed E-state index contributed by atoms with van der Waals surface area (Å²) in [5, 5.41) is 0.692. The van der Waals surface area contributed by atoms with Crippen LogP contribution in [0.25, 0.3) is 0 Å². The van der Waals surface area contributed by atoms with E-state index in [1.54, 1.807) is 11.3 Å². The molecule has 0 saturated carbocycles. The molecule has 6 heteroatoms. The first-order valence-electron chi connectivity index (χ1n) is 5.71. The highest BCUT2D eigenvalue weighted by atomic mass is 79.9. The molecule has 0 amide bonds. The highest BCUT2D eigenvalue weighted by molar-refractivity contribution is 9.13. The van der Waals surface area contributed by atoms with E-state index < -0.39 is 0 Å². The third-order valence-electron chi connectivity index (χ3n) is 3.09. The fourth-order valence-corrected chi connectivity index (χ4v) is 4.48. The quantitative estimate of drug-likeness (QED) is 0.662. The summed E-state index contributed by atoms with van der Waals surface area (Å²) in [6, 6.07) is 7.63. The van der Waals surface area contributed by atoms with Gasteiger partial charge in [-0.2, -0.15) is 0 Å². The van der Waals surface area contributed by atoms with Crippen molar-refractivity contribution in [2.24, 2.45) is 5.73 Å². The topological polar surface area (TPSA) is 35.2 Å². The van der Waals surface area contributed by atoms with Crippen molar-refractivity contribution in [3.05, 3.63) is 48.0 Å². The molecule has 3 rings (SSSR count). The number of thiophene rings is 1. The first-order valence-corrected chi connectivity index (χ1v) is 8.49. The summed E-state index contributed by atoms with van der Waals surface area (Å²) in [5.74, 6) is 0.828. The fraction of sp³-hybridized carbons (Fsp3) is 0.231. The second kappa shape index (κ2) is 5.37. The predicted octanol–water partition coefficient (Wildman–Crippen LogP) is 5.45. The maximum atomic E-state index is 6.23. The van der Waals surface area contributed by atoms with Crippen LogP contribution in [0.3, 0.4) is 0 Å². The number of fused-ring (bicyclic) bond motifs is 1. The van der Waals surface area contributed by atoms with E-state index >= 15 is 0 Å². The maximum Gasteiger partial charge on any atom is 0.135 e. The number of ether oxygens (including phenoxy) is 1. The maximum absolute atomic E-state index is 6.23. The van der Waals surface area contributed by atoms with Crippen molar-refractivity contribution in [1.29, 1.82) is 0 Å². The Morgan fingerprint density at radius 2 is 2.11 bits per heavy atom. The van der Waals surface area contributed by atoms with Gasteiger partial charge in [0.05, 0.1) is 3.79 Å². The molecule has 0 radical (unpaired) electrons. The molecule has 2 nitrogen and oxygen atoms in total. The van der Waals surface area contributed by atoms with Gasteiger partial charge in [-0.15, -0.1) is 11.3 Å². The van der Waals surface area contributed by atoms with Gasteiger partial charge in [0.25, 0.3) is 0 Å². The van der Waals surface area contributed by atoms with Crippen molar-refractivity contribution in [3.8, 4) is 5.75 Å². The first kappa shape index (κ1) is 13.9. The van der Waals surface area contributed by atoms with Gasteiger partial charge in [-0.25, -0.2) is 0 Å². The Kier molecular flexibility index (Phi) is 3.93. The SMILES string of the molecule is NC1CC(c2cc(Br)c(Br)s2)Oc2ccc(Cl)cc21. The normalized spacial score (nSPS) is 21.9. The van der Waals surface area contributed by atoms with Crippen molar-refractivity contribution in [2.45, 2.75) is 18.6 Å². The van der Waals surface area contributed by atoms with Crippen molar-refractivity contribution < 1.29 is 4.74 Å². The lowest BCUT2D eigenvalue weighted by Gasteiger charge is -2.29. The molecular formula is C13H10Br2ClNOS. The van der Waals surface area contributed by atoms with E-state index in [1.165, 1.54) is 0 Å². The van der Waals surface area contributed by atoms with Crippen LogP contribution in [0.2, 0.25) is 5.02 Å². The van der Waals surface area contributed by atoms with E-state index in [2.05, 4.69) is 37.9 Å². The van der Waals surface area contributed by atoms with Crippen molar-refractivity contribution in [3.63, 3.8) is 0 Å². The number of hydrogen-bond donors (Lipinski definition) is 1. The van der Waals surface area contributed by atoms with Crippen LogP contribution in [0.1, 0.15) is 29.0 Å². The number of halogens is 3. The lowest BCUT2D eigenvalue weighted by atomic mass is 9.97. The Morgan fingerprint density at radius 1 is 1.32 bits per heavy atom. The summed E-state index contributed by atoms with van der Waals surface area (Å²) in [4.78, 5) is 1.16. The standard InChI is InChI=1S/C13H10Br2ClNOS/c14-8-4-12(19-13(8)15)11-5-9(17)7-3-6(16)1-2-10(7)18-11/h1-4,9,11H,5,17H2. The molecule has 2 N–H and O–H groups in total. The van der Waals surface area contributed by atoms with Crippen LogP contribution < -0.4 is 10.5 Å². The lowest BCUT2D eigenvalue weighted by molar-refractivity contribution is 0.165. The molecule has 19 heavy (non-hydrogen) atoms. The summed E-state index contributed by atoms with van der Waals surface area (Å²) >= 11 is 14.7. The minimum atomic E-state index is -0.0490. The van der Waals surface area contributed by atoms with Gasteiger partial charge < -0.3 is 10.5 Å². The molecule has 2 atom stereocenters. The molecule has 2 heterocycles. The summed E-state index contributed by atoms with van der Waals surface area (Å²) in [6.07, 6.45) is 0.753. The third kappa shape index (κ3) is 2.72. The highest BCUT2D eigenvalue weighted by Crippen LogP contribution is 2.44. The molecule has 0 bridgehead atoms. The molecular weight excluding hydrogens is 413 g/mol. The molecule has 0 aliphatic carbocycles. The second-order valence-electron chi connectivity index (χ2n) is 4.40. The average molecular weight is 424 g/mol. The molecule has 1 aliphatic heterocycles. The lowest BCUT2D eigenvalue weighted by Crippen LogP contribution is -2.23. The summed E-state index contributed by atoms with van der Waals surface area (Å²) in [5.41, 5.74) is 7.22. The van der Waals surface area contributed by atoms with Gasteiger partial charge in [-0.1, -0.05) is 11.6 Å². The molecule has 1 aromatic heterocycles. The molecule has 100 valence electrons. The molecule has 1 aromatic carbocycles. The number of hydrogen-bond acceptors (Lipinski definition) is 3. The Labute approximate surface area is 137 Å². The van der Waals surface area contributed by atoms with Crippen LogP contribution >= 0.6 is 54.8 Å². The van der Waals surface area contributed by atoms with E-state index in [0.29, 0.717) is 5.02 Å². The Morgan fingerprint density at radius 3 is 2.79 bits per heavy atom. The van der Waals surface area contributed by atoms with E-state index in [1.807, 2.05) is 18.2 Å². The third-order valence-corrected chi connectivity index (χ3v) is 6.67. The molecule has 0 spiro atoms. The van der Waals surface area contributed by atoms with Crippen LogP contribution in [-0.2, 0) is 0 Å². The molecule has 2 aromatic rings. The van der Waals surface area contributed by atoms with Crippen LogP contribution in [-0.4, -0.2) is 0 Å². The number of nitrogens with two attached hydrogens (primary N) is 1. The predicted molar refractivity (Wildman–Crippen MR) is 86.1 cm³/mol. The number of rotatable bonds is 1. The Balaban J connectivity index is 1.94. The minimum Gasteiger partial charge on any atom is -0.484 e. The summed E-state index contributed by atoms with van der Waals surface area (Å²) in [7, 11) is 0. The minimum absolute atomic E-state index is 0.00345. The average Bonchev–Trinajstić information content (AvgIpc) is 2.70. The molecule has 2 unspecified atom stereocenters. The largest absolute Gasteiger partial charge is 0.484 e. The zero-order valence-electron chi connectivity index (χ0n) is 9.70. The van der Waals surface area contributed by atoms with Gasteiger partial charge in [0.1, 0.15) is 11.9 Å². The van der Waals surface area contributed by atoms with E-state index in [9.17, 15) is 0 Å². The smallest absolute Gasteiger partial charge is 0.135 e. The molecule has 0 saturated heterocycles. The van der Waals surface area contributed by atoms with Crippen molar-refractivity contribution >= 4 is 54.8 Å². The van der Waals surface area contributed by atoms with E-state index in [-0.39, 0.29) is 12.1 Å². The molecule has 1 aliphatic rings. The monoisotopic (exact) mass is 421 g/mol. The first-order chi connectivity index (χ1) is 9.04. The van der Waals surface area contributed by atoms with Gasteiger partial charge in [-0.3, -0.25) is 0 Å². The van der Waals surface area contributed by atoms with Gasteiger partial charge in [0.2, 0.25) is 0 Å². The molecule has 0 fully saturated rings. The van der Waals surface area contributed by atoms with E-state index in [0.717, 1.165) is 30.9 Å². The van der Waals surface area contributed by atoms with Crippen LogP contribution in [0.5, 0.6) is 5.75 Å². The fourth-order valence-electron chi connectivity index (χ4n) is 2.17.